The monoisotopic (exact) mass is 269 g/mol. The third-order valence-corrected chi connectivity index (χ3v) is 2.57. The highest BCUT2D eigenvalue weighted by Gasteiger charge is 2.24. The Hall–Kier alpha value is -2.12. The number of aromatic carboxylic acids is 1. The molecule has 2 atom stereocenters. The summed E-state index contributed by atoms with van der Waals surface area (Å²) in [5.74, 6) is -1.79. The molecule has 1 aromatic carbocycles. The number of primary amides is 1. The van der Waals surface area contributed by atoms with Gasteiger partial charge in [0, 0.05) is 5.56 Å². The zero-order valence-electron chi connectivity index (χ0n) is 10.2. The van der Waals surface area contributed by atoms with Crippen molar-refractivity contribution in [3.63, 3.8) is 0 Å². The van der Waals surface area contributed by atoms with Crippen molar-refractivity contribution in [2.45, 2.75) is 18.6 Å². The Morgan fingerprint density at radius 1 is 1.37 bits per heavy atom. The summed E-state index contributed by atoms with van der Waals surface area (Å²) in [6.45, 7) is 0. The van der Waals surface area contributed by atoms with Crippen LogP contribution in [0.1, 0.15) is 28.4 Å². The lowest BCUT2D eigenvalue weighted by Gasteiger charge is -2.19. The summed E-state index contributed by atoms with van der Waals surface area (Å²) in [5.41, 5.74) is 5.09. The number of methoxy groups -OCH3 is 1. The summed E-state index contributed by atoms with van der Waals surface area (Å²) in [6.07, 6.45) is -3.20. The van der Waals surface area contributed by atoms with Gasteiger partial charge in [-0.1, -0.05) is 6.07 Å². The molecule has 0 spiro atoms. The lowest BCUT2D eigenvalue weighted by atomic mass is 9.99. The maximum atomic E-state index is 10.8. The van der Waals surface area contributed by atoms with Crippen LogP contribution in [-0.2, 0) is 4.79 Å². The van der Waals surface area contributed by atoms with Crippen LogP contribution in [0.2, 0.25) is 0 Å². The molecule has 0 fully saturated rings. The van der Waals surface area contributed by atoms with Crippen LogP contribution in [0, 0.1) is 0 Å². The van der Waals surface area contributed by atoms with Crippen molar-refractivity contribution >= 4 is 11.9 Å². The van der Waals surface area contributed by atoms with Crippen LogP contribution in [0.3, 0.4) is 0 Å². The number of amides is 1. The van der Waals surface area contributed by atoms with E-state index in [-0.39, 0.29) is 16.9 Å². The Labute approximate surface area is 109 Å². The molecule has 0 aromatic heterocycles. The van der Waals surface area contributed by atoms with Crippen LogP contribution in [0.4, 0.5) is 0 Å². The van der Waals surface area contributed by atoms with Gasteiger partial charge in [-0.2, -0.15) is 0 Å². The predicted octanol–water partition coefficient (Wildman–Crippen LogP) is -0.337. The van der Waals surface area contributed by atoms with E-state index in [4.69, 9.17) is 15.6 Å². The fourth-order valence-electron chi connectivity index (χ4n) is 1.61. The average Bonchev–Trinajstić information content (AvgIpc) is 2.36. The number of carbonyl (C=O) groups excluding carboxylic acids is 1. The van der Waals surface area contributed by atoms with Crippen LogP contribution < -0.4 is 10.5 Å². The van der Waals surface area contributed by atoms with Gasteiger partial charge in [0.25, 0.3) is 0 Å². The molecule has 0 bridgehead atoms. The number of carboxylic acids is 1. The van der Waals surface area contributed by atoms with E-state index in [9.17, 15) is 19.8 Å². The van der Waals surface area contributed by atoms with Crippen LogP contribution in [-0.4, -0.2) is 40.4 Å². The minimum absolute atomic E-state index is 0.0165. The summed E-state index contributed by atoms with van der Waals surface area (Å²) >= 11 is 0. The van der Waals surface area contributed by atoms with E-state index in [1.165, 1.54) is 25.3 Å². The third kappa shape index (κ3) is 3.67. The van der Waals surface area contributed by atoms with Crippen LogP contribution in [0.15, 0.2) is 18.2 Å². The number of aliphatic hydroxyl groups is 2. The largest absolute Gasteiger partial charge is 0.496 e. The highest BCUT2D eigenvalue weighted by Crippen LogP contribution is 2.29. The molecule has 7 heteroatoms. The molecule has 0 aliphatic rings. The molecular formula is C12H15NO6. The molecule has 0 saturated carbocycles. The molecule has 0 saturated heterocycles. The Balaban J connectivity index is 3.05. The Bertz CT molecular complexity index is 487. The Morgan fingerprint density at radius 2 is 2.00 bits per heavy atom. The van der Waals surface area contributed by atoms with E-state index >= 15 is 0 Å². The molecular weight excluding hydrogens is 254 g/mol. The number of nitrogens with two attached hydrogens (primary N) is 1. The second-order valence-corrected chi connectivity index (χ2v) is 3.94. The van der Waals surface area contributed by atoms with Crippen molar-refractivity contribution in [3.8, 4) is 5.75 Å². The highest BCUT2D eigenvalue weighted by atomic mass is 16.5. The van der Waals surface area contributed by atoms with Gasteiger partial charge in [0.05, 0.1) is 25.2 Å². The van der Waals surface area contributed by atoms with E-state index in [0.717, 1.165) is 0 Å². The second-order valence-electron chi connectivity index (χ2n) is 3.94. The Kier molecular flexibility index (Phi) is 4.85. The summed E-state index contributed by atoms with van der Waals surface area (Å²) in [4.78, 5) is 21.5. The van der Waals surface area contributed by atoms with Crippen LogP contribution in [0.25, 0.3) is 0 Å². The number of ether oxygens (including phenoxy) is 1. The van der Waals surface area contributed by atoms with Gasteiger partial charge in [-0.15, -0.1) is 0 Å². The molecule has 104 valence electrons. The smallest absolute Gasteiger partial charge is 0.335 e. The fourth-order valence-corrected chi connectivity index (χ4v) is 1.61. The Morgan fingerprint density at radius 3 is 2.47 bits per heavy atom. The summed E-state index contributed by atoms with van der Waals surface area (Å²) < 4.78 is 4.96. The SMILES string of the molecule is COc1cc(C(=O)O)ccc1C(O)C(O)CC(N)=O. The maximum Gasteiger partial charge on any atom is 0.335 e. The van der Waals surface area contributed by atoms with Gasteiger partial charge in [-0.3, -0.25) is 4.79 Å². The van der Waals surface area contributed by atoms with Gasteiger partial charge in [0.15, 0.2) is 0 Å². The highest BCUT2D eigenvalue weighted by molar-refractivity contribution is 5.88. The summed E-state index contributed by atoms with van der Waals surface area (Å²) in [7, 11) is 1.30. The van der Waals surface area contributed by atoms with Gasteiger partial charge in [0.2, 0.25) is 5.91 Å². The zero-order chi connectivity index (χ0) is 14.6. The summed E-state index contributed by atoms with van der Waals surface area (Å²) in [5, 5.41) is 28.3. The molecule has 7 nitrogen and oxygen atoms in total. The third-order valence-electron chi connectivity index (χ3n) is 2.57. The van der Waals surface area contributed by atoms with Gasteiger partial charge in [-0.05, 0) is 12.1 Å². The molecule has 19 heavy (non-hydrogen) atoms. The van der Waals surface area contributed by atoms with Gasteiger partial charge >= 0.3 is 5.97 Å². The lowest BCUT2D eigenvalue weighted by molar-refractivity contribution is -0.121. The number of hydrogen-bond acceptors (Lipinski definition) is 5. The molecule has 1 aromatic rings. The van der Waals surface area contributed by atoms with E-state index in [1.807, 2.05) is 0 Å². The summed E-state index contributed by atoms with van der Waals surface area (Å²) in [6, 6.07) is 3.80. The van der Waals surface area contributed by atoms with Crippen molar-refractivity contribution in [2.24, 2.45) is 5.73 Å². The number of aliphatic hydroxyl groups excluding tert-OH is 2. The van der Waals surface area contributed by atoms with Crippen molar-refractivity contribution in [2.75, 3.05) is 7.11 Å². The van der Waals surface area contributed by atoms with Crippen molar-refractivity contribution in [1.29, 1.82) is 0 Å². The topological polar surface area (TPSA) is 130 Å². The maximum absolute atomic E-state index is 10.8. The second kappa shape index (κ2) is 6.17. The number of benzene rings is 1. The first kappa shape index (κ1) is 14.9. The molecule has 0 radical (unpaired) electrons. The normalized spacial score (nSPS) is 13.6. The minimum Gasteiger partial charge on any atom is -0.496 e. The lowest BCUT2D eigenvalue weighted by Crippen LogP contribution is -2.26. The van der Waals surface area contributed by atoms with Gasteiger partial charge < -0.3 is 25.8 Å². The molecule has 2 unspecified atom stereocenters. The van der Waals surface area contributed by atoms with Crippen molar-refractivity contribution < 1.29 is 29.6 Å². The average molecular weight is 269 g/mol. The first-order valence-corrected chi connectivity index (χ1v) is 5.42. The first-order valence-electron chi connectivity index (χ1n) is 5.42. The standard InChI is InChI=1S/C12H15NO6/c1-19-9-4-6(12(17)18)2-3-7(9)11(16)8(14)5-10(13)15/h2-4,8,11,14,16H,5H2,1H3,(H2,13,15)(H,17,18). The van der Waals surface area contributed by atoms with Crippen LogP contribution >= 0.6 is 0 Å². The van der Waals surface area contributed by atoms with E-state index in [2.05, 4.69) is 0 Å². The number of carbonyl (C=O) groups is 2. The molecule has 0 aliphatic carbocycles. The molecule has 5 N–H and O–H groups in total. The molecule has 1 amide bonds. The van der Waals surface area contributed by atoms with E-state index in [1.54, 1.807) is 0 Å². The quantitative estimate of drug-likeness (QED) is 0.559. The van der Waals surface area contributed by atoms with Crippen molar-refractivity contribution in [1.82, 2.24) is 0 Å². The number of carboxylic acid groups (broad SMARTS) is 1. The first-order chi connectivity index (χ1) is 8.86. The molecule has 0 heterocycles. The minimum atomic E-state index is -1.40. The fraction of sp³-hybridized carbons (Fsp3) is 0.333. The zero-order valence-corrected chi connectivity index (χ0v) is 10.2. The van der Waals surface area contributed by atoms with Gasteiger partial charge in [-0.25, -0.2) is 4.79 Å². The van der Waals surface area contributed by atoms with E-state index in [0.29, 0.717) is 0 Å². The molecule has 0 aliphatic heterocycles. The van der Waals surface area contributed by atoms with Crippen molar-refractivity contribution in [3.05, 3.63) is 29.3 Å². The number of hydrogen-bond donors (Lipinski definition) is 4. The number of rotatable bonds is 6. The van der Waals surface area contributed by atoms with Crippen LogP contribution in [0.5, 0.6) is 5.75 Å². The predicted molar refractivity (Wildman–Crippen MR) is 64.7 cm³/mol. The van der Waals surface area contributed by atoms with E-state index < -0.39 is 30.5 Å². The molecule has 1 rings (SSSR count). The van der Waals surface area contributed by atoms with Gasteiger partial charge in [0.1, 0.15) is 11.9 Å².